The summed E-state index contributed by atoms with van der Waals surface area (Å²) >= 11 is 0. The van der Waals surface area contributed by atoms with E-state index in [1.807, 2.05) is 0 Å². The molecule has 0 saturated heterocycles. The van der Waals surface area contributed by atoms with E-state index in [9.17, 15) is 13.2 Å². The van der Waals surface area contributed by atoms with Crippen LogP contribution in [-0.4, -0.2) is 4.98 Å². The van der Waals surface area contributed by atoms with Gasteiger partial charge in [0.15, 0.2) is 0 Å². The van der Waals surface area contributed by atoms with E-state index in [-0.39, 0.29) is 5.58 Å². The monoisotopic (exact) mass is 187 g/mol. The molecule has 0 radical (unpaired) electrons. The molecular formula is C8H4F3NO. The van der Waals surface area contributed by atoms with Crippen LogP contribution in [0.3, 0.4) is 0 Å². The Labute approximate surface area is 71.0 Å². The second-order valence-corrected chi connectivity index (χ2v) is 2.52. The zero-order chi connectivity index (χ0) is 9.47. The van der Waals surface area contributed by atoms with Gasteiger partial charge in [-0.1, -0.05) is 0 Å². The summed E-state index contributed by atoms with van der Waals surface area (Å²) in [7, 11) is 0. The van der Waals surface area contributed by atoms with Crippen molar-refractivity contribution in [3.63, 3.8) is 0 Å². The standard InChI is InChI=1S/C8H4F3NO/c9-8(10,11)7-3-5-4-12-2-1-6(5)13-7/h1-4H. The predicted octanol–water partition coefficient (Wildman–Crippen LogP) is 2.85. The summed E-state index contributed by atoms with van der Waals surface area (Å²) in [6, 6.07) is 2.33. The Bertz CT molecular complexity index is 399. The van der Waals surface area contributed by atoms with Crippen LogP contribution in [0.2, 0.25) is 0 Å². The first-order valence-electron chi connectivity index (χ1n) is 3.48. The Morgan fingerprint density at radius 3 is 2.69 bits per heavy atom. The van der Waals surface area contributed by atoms with E-state index in [1.54, 1.807) is 0 Å². The average molecular weight is 187 g/mol. The van der Waals surface area contributed by atoms with Crippen LogP contribution in [0.15, 0.2) is 28.9 Å². The second kappa shape index (κ2) is 2.48. The number of hydrogen-bond donors (Lipinski definition) is 0. The third-order valence-corrected chi connectivity index (χ3v) is 1.60. The molecule has 0 N–H and O–H groups in total. The number of pyridine rings is 1. The summed E-state index contributed by atoms with van der Waals surface area (Å²) in [5.74, 6) is -0.990. The molecule has 0 atom stereocenters. The molecule has 0 aliphatic carbocycles. The molecule has 0 aromatic carbocycles. The van der Waals surface area contributed by atoms with Gasteiger partial charge in [0.05, 0.1) is 0 Å². The third kappa shape index (κ3) is 1.37. The van der Waals surface area contributed by atoms with Crippen molar-refractivity contribution in [2.75, 3.05) is 0 Å². The summed E-state index contributed by atoms with van der Waals surface area (Å²) in [4.78, 5) is 3.68. The Kier molecular flexibility index (Phi) is 1.55. The SMILES string of the molecule is FC(F)(F)c1cc2cnccc2o1. The number of alkyl halides is 3. The molecule has 0 spiro atoms. The first-order valence-corrected chi connectivity index (χ1v) is 3.48. The topological polar surface area (TPSA) is 26.0 Å². The maximum Gasteiger partial charge on any atom is 0.449 e. The molecule has 13 heavy (non-hydrogen) atoms. The van der Waals surface area contributed by atoms with Crippen LogP contribution >= 0.6 is 0 Å². The van der Waals surface area contributed by atoms with Crippen LogP contribution in [0.1, 0.15) is 5.76 Å². The van der Waals surface area contributed by atoms with Gasteiger partial charge in [0, 0.05) is 17.8 Å². The molecule has 0 saturated carbocycles. The van der Waals surface area contributed by atoms with Crippen molar-refractivity contribution in [3.8, 4) is 0 Å². The van der Waals surface area contributed by atoms with Crippen molar-refractivity contribution >= 4 is 11.0 Å². The molecule has 2 nitrogen and oxygen atoms in total. The second-order valence-electron chi connectivity index (χ2n) is 2.52. The van der Waals surface area contributed by atoms with Crippen molar-refractivity contribution in [1.82, 2.24) is 4.98 Å². The maximum atomic E-state index is 12.1. The lowest BCUT2D eigenvalue weighted by atomic mass is 10.3. The van der Waals surface area contributed by atoms with Crippen molar-refractivity contribution in [2.45, 2.75) is 6.18 Å². The Morgan fingerprint density at radius 2 is 2.08 bits per heavy atom. The van der Waals surface area contributed by atoms with E-state index in [4.69, 9.17) is 0 Å². The van der Waals surface area contributed by atoms with Gasteiger partial charge in [-0.3, -0.25) is 4.98 Å². The lowest BCUT2D eigenvalue weighted by Gasteiger charge is -1.98. The van der Waals surface area contributed by atoms with Crippen LogP contribution in [0.5, 0.6) is 0 Å². The van der Waals surface area contributed by atoms with Gasteiger partial charge in [0.25, 0.3) is 0 Å². The number of fused-ring (bicyclic) bond motifs is 1. The highest BCUT2D eigenvalue weighted by atomic mass is 19.4. The average Bonchev–Trinajstić information content (AvgIpc) is 2.45. The van der Waals surface area contributed by atoms with Gasteiger partial charge >= 0.3 is 6.18 Å². The van der Waals surface area contributed by atoms with E-state index >= 15 is 0 Å². The number of furan rings is 1. The van der Waals surface area contributed by atoms with Crippen molar-refractivity contribution < 1.29 is 17.6 Å². The van der Waals surface area contributed by atoms with Gasteiger partial charge in [0.2, 0.25) is 5.76 Å². The van der Waals surface area contributed by atoms with E-state index in [1.165, 1.54) is 18.5 Å². The van der Waals surface area contributed by atoms with Crippen LogP contribution < -0.4 is 0 Å². The molecule has 2 aromatic rings. The highest BCUT2D eigenvalue weighted by Gasteiger charge is 2.35. The molecule has 0 aliphatic heterocycles. The zero-order valence-corrected chi connectivity index (χ0v) is 6.30. The first kappa shape index (κ1) is 8.10. The number of hydrogen-bond acceptors (Lipinski definition) is 2. The quantitative estimate of drug-likeness (QED) is 0.633. The van der Waals surface area contributed by atoms with Crippen LogP contribution in [0.25, 0.3) is 11.0 Å². The molecule has 0 aliphatic rings. The molecule has 0 amide bonds. The van der Waals surface area contributed by atoms with Gasteiger partial charge in [-0.25, -0.2) is 0 Å². The van der Waals surface area contributed by atoms with Crippen LogP contribution in [0.4, 0.5) is 13.2 Å². The van der Waals surface area contributed by atoms with Gasteiger partial charge in [-0.05, 0) is 12.1 Å². The molecule has 68 valence electrons. The fourth-order valence-corrected chi connectivity index (χ4v) is 1.02. The smallest absolute Gasteiger partial charge is 0.449 e. The van der Waals surface area contributed by atoms with Crippen molar-refractivity contribution in [1.29, 1.82) is 0 Å². The number of nitrogens with zero attached hydrogens (tertiary/aromatic N) is 1. The lowest BCUT2D eigenvalue weighted by molar-refractivity contribution is -0.152. The Balaban J connectivity index is 2.63. The number of rotatable bonds is 0. The summed E-state index contributed by atoms with van der Waals surface area (Å²) in [5.41, 5.74) is 0.197. The molecular weight excluding hydrogens is 183 g/mol. The number of halogens is 3. The molecule has 2 heterocycles. The largest absolute Gasteiger partial charge is 0.451 e. The summed E-state index contributed by atoms with van der Waals surface area (Å²) in [6.07, 6.45) is -1.72. The predicted molar refractivity (Wildman–Crippen MR) is 39.0 cm³/mol. The molecule has 5 heteroatoms. The normalized spacial score (nSPS) is 12.2. The van der Waals surface area contributed by atoms with E-state index < -0.39 is 11.9 Å². The zero-order valence-electron chi connectivity index (χ0n) is 6.30. The highest BCUT2D eigenvalue weighted by molar-refractivity contribution is 5.76. The minimum Gasteiger partial charge on any atom is -0.451 e. The Morgan fingerprint density at radius 1 is 1.31 bits per heavy atom. The van der Waals surface area contributed by atoms with E-state index in [2.05, 4.69) is 9.40 Å². The highest BCUT2D eigenvalue weighted by Crippen LogP contribution is 2.33. The molecule has 0 bridgehead atoms. The van der Waals surface area contributed by atoms with E-state index in [0.29, 0.717) is 5.39 Å². The molecule has 2 aromatic heterocycles. The molecule has 2 rings (SSSR count). The summed E-state index contributed by atoms with van der Waals surface area (Å²) in [5, 5.41) is 0.356. The Hall–Kier alpha value is -1.52. The van der Waals surface area contributed by atoms with Crippen molar-refractivity contribution in [3.05, 3.63) is 30.3 Å². The maximum absolute atomic E-state index is 12.1. The van der Waals surface area contributed by atoms with Crippen LogP contribution in [-0.2, 0) is 6.18 Å². The van der Waals surface area contributed by atoms with E-state index in [0.717, 1.165) is 6.07 Å². The van der Waals surface area contributed by atoms with Crippen molar-refractivity contribution in [2.24, 2.45) is 0 Å². The fraction of sp³-hybridized carbons (Fsp3) is 0.125. The summed E-state index contributed by atoms with van der Waals surface area (Å²) < 4.78 is 40.9. The molecule has 0 fully saturated rings. The molecule has 0 unspecified atom stereocenters. The fourth-order valence-electron chi connectivity index (χ4n) is 1.02. The van der Waals surface area contributed by atoms with Crippen LogP contribution in [0, 0.1) is 0 Å². The lowest BCUT2D eigenvalue weighted by Crippen LogP contribution is -2.01. The van der Waals surface area contributed by atoms with Gasteiger partial charge in [-0.15, -0.1) is 0 Å². The summed E-state index contributed by atoms with van der Waals surface area (Å²) in [6.45, 7) is 0. The minimum absolute atomic E-state index is 0.197. The van der Waals surface area contributed by atoms with Gasteiger partial charge in [0.1, 0.15) is 5.58 Å². The minimum atomic E-state index is -4.43. The number of aromatic nitrogens is 1. The first-order chi connectivity index (χ1) is 6.07. The van der Waals surface area contributed by atoms with Gasteiger partial charge in [-0.2, -0.15) is 13.2 Å². The van der Waals surface area contributed by atoms with Gasteiger partial charge < -0.3 is 4.42 Å². The third-order valence-electron chi connectivity index (χ3n) is 1.60.